The van der Waals surface area contributed by atoms with Crippen LogP contribution in [0.2, 0.25) is 0 Å². The topological polar surface area (TPSA) is 50.1 Å². The summed E-state index contributed by atoms with van der Waals surface area (Å²) in [6.45, 7) is 0.420. The van der Waals surface area contributed by atoms with Crippen LogP contribution in [0.3, 0.4) is 0 Å². The number of hydrogen-bond donors (Lipinski definition) is 2. The van der Waals surface area contributed by atoms with Gasteiger partial charge < -0.3 is 10.4 Å². The molecule has 0 bridgehead atoms. The summed E-state index contributed by atoms with van der Waals surface area (Å²) in [7, 11) is 0. The third kappa shape index (κ3) is 3.54. The number of aromatic nitrogens is 2. The van der Waals surface area contributed by atoms with Crippen molar-refractivity contribution in [3.05, 3.63) is 89.9 Å². The fraction of sp³-hybridized carbons (Fsp3) is 0.0952. The van der Waals surface area contributed by atoms with Gasteiger partial charge in [0.2, 0.25) is 0 Å². The minimum Gasteiger partial charge on any atom is -0.387 e. The minimum absolute atomic E-state index is 0.420. The molecule has 0 amide bonds. The first kappa shape index (κ1) is 16.6. The van der Waals surface area contributed by atoms with E-state index in [1.807, 2.05) is 83.0 Å². The van der Waals surface area contributed by atoms with Crippen LogP contribution in [0.5, 0.6) is 0 Å². The van der Waals surface area contributed by atoms with Crippen molar-refractivity contribution in [3.63, 3.8) is 0 Å². The Hall–Kier alpha value is -2.89. The standard InChI is InChI=1S/C21H19N3OS/c25-19(16-8-3-1-4-9-16)14-22-18-15-24(17-10-5-2-6-11-17)23-21(18)20-12-7-13-26-20/h1-13,15,19,22,25H,14H2. The van der Waals surface area contributed by atoms with Gasteiger partial charge >= 0.3 is 0 Å². The number of para-hydroxylation sites is 1. The van der Waals surface area contributed by atoms with Crippen molar-refractivity contribution in [1.82, 2.24) is 9.78 Å². The Morgan fingerprint density at radius 1 is 0.962 bits per heavy atom. The van der Waals surface area contributed by atoms with E-state index in [-0.39, 0.29) is 0 Å². The lowest BCUT2D eigenvalue weighted by Gasteiger charge is -2.12. The summed E-state index contributed by atoms with van der Waals surface area (Å²) < 4.78 is 1.87. The lowest BCUT2D eigenvalue weighted by Crippen LogP contribution is -2.12. The van der Waals surface area contributed by atoms with E-state index in [0.717, 1.165) is 27.5 Å². The first-order chi connectivity index (χ1) is 12.8. The van der Waals surface area contributed by atoms with E-state index in [1.54, 1.807) is 11.3 Å². The highest BCUT2D eigenvalue weighted by Gasteiger charge is 2.15. The van der Waals surface area contributed by atoms with Gasteiger partial charge in [0.1, 0.15) is 5.69 Å². The number of nitrogens with zero attached hydrogens (tertiary/aromatic N) is 2. The Kier molecular flexibility index (Phi) is 4.82. The van der Waals surface area contributed by atoms with Crippen LogP contribution in [0.1, 0.15) is 11.7 Å². The van der Waals surface area contributed by atoms with Gasteiger partial charge in [-0.2, -0.15) is 5.10 Å². The lowest BCUT2D eigenvalue weighted by molar-refractivity contribution is 0.191. The average molecular weight is 361 g/mol. The molecule has 0 aliphatic heterocycles. The molecule has 0 spiro atoms. The van der Waals surface area contributed by atoms with Crippen molar-refractivity contribution in [2.24, 2.45) is 0 Å². The van der Waals surface area contributed by atoms with Crippen LogP contribution in [0.15, 0.2) is 84.4 Å². The number of anilines is 1. The Labute approximate surface area is 156 Å². The van der Waals surface area contributed by atoms with Crippen molar-refractivity contribution in [3.8, 4) is 16.3 Å². The van der Waals surface area contributed by atoms with Crippen LogP contribution in [-0.4, -0.2) is 21.4 Å². The molecular formula is C21H19N3OS. The van der Waals surface area contributed by atoms with E-state index >= 15 is 0 Å². The van der Waals surface area contributed by atoms with Gasteiger partial charge in [-0.05, 0) is 29.1 Å². The molecule has 26 heavy (non-hydrogen) atoms. The van der Waals surface area contributed by atoms with Gasteiger partial charge in [-0.25, -0.2) is 4.68 Å². The van der Waals surface area contributed by atoms with E-state index in [1.165, 1.54) is 0 Å². The summed E-state index contributed by atoms with van der Waals surface area (Å²) >= 11 is 1.65. The van der Waals surface area contributed by atoms with Crippen LogP contribution in [0, 0.1) is 0 Å². The molecule has 2 aromatic carbocycles. The summed E-state index contributed by atoms with van der Waals surface area (Å²) in [4.78, 5) is 1.09. The van der Waals surface area contributed by atoms with E-state index in [0.29, 0.717) is 6.54 Å². The molecule has 4 rings (SSSR count). The maximum Gasteiger partial charge on any atom is 0.126 e. The van der Waals surface area contributed by atoms with E-state index in [9.17, 15) is 5.11 Å². The molecular weight excluding hydrogens is 342 g/mol. The highest BCUT2D eigenvalue weighted by Crippen LogP contribution is 2.31. The van der Waals surface area contributed by atoms with Crippen molar-refractivity contribution < 1.29 is 5.11 Å². The average Bonchev–Trinajstić information content (AvgIpc) is 3.37. The monoisotopic (exact) mass is 361 g/mol. The van der Waals surface area contributed by atoms with E-state index in [2.05, 4.69) is 11.4 Å². The molecule has 0 aliphatic rings. The molecule has 130 valence electrons. The predicted octanol–water partition coefficient (Wildman–Crippen LogP) is 4.75. The Bertz CT molecular complexity index is 950. The summed E-state index contributed by atoms with van der Waals surface area (Å²) in [6.07, 6.45) is 1.40. The Morgan fingerprint density at radius 2 is 1.69 bits per heavy atom. The van der Waals surface area contributed by atoms with Gasteiger partial charge in [0.15, 0.2) is 0 Å². The number of hydrogen-bond acceptors (Lipinski definition) is 4. The van der Waals surface area contributed by atoms with Crippen molar-refractivity contribution in [1.29, 1.82) is 0 Å². The Morgan fingerprint density at radius 3 is 2.38 bits per heavy atom. The lowest BCUT2D eigenvalue weighted by atomic mass is 10.1. The van der Waals surface area contributed by atoms with Gasteiger partial charge in [-0.3, -0.25) is 0 Å². The maximum absolute atomic E-state index is 10.4. The molecule has 1 unspecified atom stereocenters. The van der Waals surface area contributed by atoms with Gasteiger partial charge in [0, 0.05) is 6.54 Å². The number of aliphatic hydroxyl groups is 1. The zero-order valence-electron chi connectivity index (χ0n) is 14.1. The second-order valence-electron chi connectivity index (χ2n) is 5.96. The molecule has 2 aromatic heterocycles. The van der Waals surface area contributed by atoms with E-state index < -0.39 is 6.10 Å². The molecule has 2 heterocycles. The zero-order chi connectivity index (χ0) is 17.8. The molecule has 0 saturated heterocycles. The predicted molar refractivity (Wildman–Crippen MR) is 107 cm³/mol. The number of benzene rings is 2. The van der Waals surface area contributed by atoms with Crippen LogP contribution in [-0.2, 0) is 0 Å². The molecule has 2 N–H and O–H groups in total. The van der Waals surface area contributed by atoms with Crippen LogP contribution in [0.4, 0.5) is 5.69 Å². The number of aliphatic hydroxyl groups excluding tert-OH is 1. The van der Waals surface area contributed by atoms with Crippen LogP contribution < -0.4 is 5.32 Å². The first-order valence-electron chi connectivity index (χ1n) is 8.47. The maximum atomic E-state index is 10.4. The number of thiophene rings is 1. The third-order valence-electron chi connectivity index (χ3n) is 4.16. The van der Waals surface area contributed by atoms with Gasteiger partial charge in [0.25, 0.3) is 0 Å². The quantitative estimate of drug-likeness (QED) is 0.521. The molecule has 4 aromatic rings. The summed E-state index contributed by atoms with van der Waals surface area (Å²) in [5.74, 6) is 0. The number of nitrogens with one attached hydrogen (secondary N) is 1. The highest BCUT2D eigenvalue weighted by molar-refractivity contribution is 7.13. The van der Waals surface area contributed by atoms with Gasteiger partial charge in [-0.15, -0.1) is 11.3 Å². The molecule has 0 saturated carbocycles. The van der Waals surface area contributed by atoms with Gasteiger partial charge in [0.05, 0.1) is 28.6 Å². The number of rotatable bonds is 6. The molecule has 1 atom stereocenters. The van der Waals surface area contributed by atoms with Crippen LogP contribution in [0.25, 0.3) is 16.3 Å². The van der Waals surface area contributed by atoms with Crippen molar-refractivity contribution in [2.75, 3.05) is 11.9 Å². The molecule has 5 heteroatoms. The zero-order valence-corrected chi connectivity index (χ0v) is 14.9. The largest absolute Gasteiger partial charge is 0.387 e. The normalized spacial score (nSPS) is 12.0. The third-order valence-corrected chi connectivity index (χ3v) is 5.04. The molecule has 0 radical (unpaired) electrons. The smallest absolute Gasteiger partial charge is 0.126 e. The van der Waals surface area contributed by atoms with Gasteiger partial charge in [-0.1, -0.05) is 54.6 Å². The Balaban J connectivity index is 1.61. The summed E-state index contributed by atoms with van der Waals surface area (Å²) in [6, 6.07) is 23.8. The SMILES string of the molecule is OC(CNc1cn(-c2ccccc2)nc1-c1cccs1)c1ccccc1. The summed E-state index contributed by atoms with van der Waals surface area (Å²) in [5, 5.41) is 20.6. The fourth-order valence-electron chi connectivity index (χ4n) is 2.81. The second kappa shape index (κ2) is 7.56. The fourth-order valence-corrected chi connectivity index (χ4v) is 3.53. The second-order valence-corrected chi connectivity index (χ2v) is 6.90. The highest BCUT2D eigenvalue weighted by atomic mass is 32.1. The van der Waals surface area contributed by atoms with Crippen molar-refractivity contribution >= 4 is 17.0 Å². The summed E-state index contributed by atoms with van der Waals surface area (Å²) in [5.41, 5.74) is 3.70. The molecule has 0 fully saturated rings. The minimum atomic E-state index is -0.576. The van der Waals surface area contributed by atoms with E-state index in [4.69, 9.17) is 5.10 Å². The van der Waals surface area contributed by atoms with Crippen LogP contribution >= 0.6 is 11.3 Å². The van der Waals surface area contributed by atoms with Crippen molar-refractivity contribution in [2.45, 2.75) is 6.10 Å². The molecule has 4 nitrogen and oxygen atoms in total. The first-order valence-corrected chi connectivity index (χ1v) is 9.35. The molecule has 0 aliphatic carbocycles.